The molecule has 3 fully saturated rings. The molecule has 1 aromatic rings. The Morgan fingerprint density at radius 2 is 1.97 bits per heavy atom. The summed E-state index contributed by atoms with van der Waals surface area (Å²) in [6.07, 6.45) is 5.03. The van der Waals surface area contributed by atoms with E-state index in [9.17, 15) is 9.59 Å². The van der Waals surface area contributed by atoms with E-state index in [0.717, 1.165) is 30.8 Å². The van der Waals surface area contributed by atoms with Gasteiger partial charge in [-0.2, -0.15) is 0 Å². The first-order chi connectivity index (χ1) is 14.1. The van der Waals surface area contributed by atoms with Gasteiger partial charge in [-0.05, 0) is 55.2 Å². The van der Waals surface area contributed by atoms with Gasteiger partial charge in [-0.15, -0.1) is 0 Å². The molecule has 0 bridgehead atoms. The van der Waals surface area contributed by atoms with E-state index in [2.05, 4.69) is 0 Å². The standard InChI is InChI=1S/C23H32N2O4/c1-18-4-2-5-20(14-18)29-16-22(27)25-15-19(23(17-25)8-3-9-23)6-7-21(26)24-10-12-28-13-11-24/h2,4-5,14,19H,3,6-13,15-17H2,1H3. The molecule has 1 saturated carbocycles. The molecule has 2 aliphatic heterocycles. The molecule has 6 nitrogen and oxygen atoms in total. The lowest BCUT2D eigenvalue weighted by Crippen LogP contribution is -2.42. The fourth-order valence-electron chi connectivity index (χ4n) is 5.03. The summed E-state index contributed by atoms with van der Waals surface area (Å²) in [6.45, 7) is 6.36. The predicted octanol–water partition coefficient (Wildman–Crippen LogP) is 2.64. The van der Waals surface area contributed by atoms with Gasteiger partial charge >= 0.3 is 0 Å². The maximum atomic E-state index is 12.8. The third kappa shape index (κ3) is 4.58. The van der Waals surface area contributed by atoms with Crippen molar-refractivity contribution in [2.75, 3.05) is 46.0 Å². The first kappa shape index (κ1) is 20.2. The third-order valence-corrected chi connectivity index (χ3v) is 6.94. The molecule has 1 unspecified atom stereocenters. The van der Waals surface area contributed by atoms with Crippen molar-refractivity contribution in [1.29, 1.82) is 0 Å². The van der Waals surface area contributed by atoms with Crippen LogP contribution in [0.15, 0.2) is 24.3 Å². The average molecular weight is 401 g/mol. The summed E-state index contributed by atoms with van der Waals surface area (Å²) in [6, 6.07) is 7.79. The molecule has 1 spiro atoms. The molecule has 0 N–H and O–H groups in total. The summed E-state index contributed by atoms with van der Waals surface area (Å²) in [5.74, 6) is 1.45. The Hall–Kier alpha value is -2.08. The highest BCUT2D eigenvalue weighted by Gasteiger charge is 2.51. The summed E-state index contributed by atoms with van der Waals surface area (Å²) in [7, 11) is 0. The molecule has 2 amide bonds. The highest BCUT2D eigenvalue weighted by molar-refractivity contribution is 5.78. The SMILES string of the molecule is Cc1cccc(OCC(=O)N2CC(CCC(=O)N3CCOCC3)C3(CCC3)C2)c1. The van der Waals surface area contributed by atoms with Crippen molar-refractivity contribution in [3.8, 4) is 5.75 Å². The van der Waals surface area contributed by atoms with E-state index >= 15 is 0 Å². The number of hydrogen-bond donors (Lipinski definition) is 0. The molecule has 1 aliphatic carbocycles. The summed E-state index contributed by atoms with van der Waals surface area (Å²) in [4.78, 5) is 29.2. The monoisotopic (exact) mass is 400 g/mol. The van der Waals surface area contributed by atoms with Crippen molar-refractivity contribution in [1.82, 2.24) is 9.80 Å². The smallest absolute Gasteiger partial charge is 0.260 e. The van der Waals surface area contributed by atoms with Crippen LogP contribution in [0.1, 0.15) is 37.7 Å². The van der Waals surface area contributed by atoms with Gasteiger partial charge in [0, 0.05) is 32.6 Å². The van der Waals surface area contributed by atoms with Crippen molar-refractivity contribution < 1.29 is 19.1 Å². The van der Waals surface area contributed by atoms with Crippen molar-refractivity contribution >= 4 is 11.8 Å². The van der Waals surface area contributed by atoms with Gasteiger partial charge in [0.25, 0.3) is 5.91 Å². The maximum absolute atomic E-state index is 12.8. The van der Waals surface area contributed by atoms with E-state index in [1.54, 1.807) is 0 Å². The Kier molecular flexibility index (Phi) is 6.09. The van der Waals surface area contributed by atoms with Crippen LogP contribution in [0.4, 0.5) is 0 Å². The van der Waals surface area contributed by atoms with E-state index in [-0.39, 0.29) is 23.8 Å². The molecule has 29 heavy (non-hydrogen) atoms. The Labute approximate surface area is 173 Å². The molecule has 4 rings (SSSR count). The first-order valence-electron chi connectivity index (χ1n) is 10.9. The van der Waals surface area contributed by atoms with Crippen LogP contribution >= 0.6 is 0 Å². The van der Waals surface area contributed by atoms with Crippen LogP contribution in [-0.4, -0.2) is 67.6 Å². The number of aryl methyl sites for hydroxylation is 1. The Bertz CT molecular complexity index is 740. The van der Waals surface area contributed by atoms with E-state index in [1.165, 1.54) is 19.3 Å². The zero-order valence-electron chi connectivity index (χ0n) is 17.4. The van der Waals surface area contributed by atoms with E-state index in [0.29, 0.717) is 38.6 Å². The number of nitrogens with zero attached hydrogens (tertiary/aromatic N) is 2. The number of amides is 2. The Balaban J connectivity index is 1.30. The van der Waals surface area contributed by atoms with Gasteiger partial charge in [0.1, 0.15) is 5.75 Å². The average Bonchev–Trinajstić information content (AvgIpc) is 3.11. The number of ether oxygens (including phenoxy) is 2. The largest absolute Gasteiger partial charge is 0.484 e. The molecular formula is C23H32N2O4. The van der Waals surface area contributed by atoms with Crippen molar-refractivity contribution in [2.24, 2.45) is 11.3 Å². The molecule has 0 radical (unpaired) electrons. The molecule has 2 saturated heterocycles. The zero-order valence-corrected chi connectivity index (χ0v) is 17.4. The summed E-state index contributed by atoms with van der Waals surface area (Å²) in [5, 5.41) is 0. The van der Waals surface area contributed by atoms with E-state index < -0.39 is 0 Å². The van der Waals surface area contributed by atoms with Gasteiger partial charge in [0.15, 0.2) is 6.61 Å². The van der Waals surface area contributed by atoms with Gasteiger partial charge in [-0.1, -0.05) is 18.6 Å². The summed E-state index contributed by atoms with van der Waals surface area (Å²) < 4.78 is 11.1. The second-order valence-corrected chi connectivity index (χ2v) is 8.82. The van der Waals surface area contributed by atoms with Crippen molar-refractivity contribution in [3.05, 3.63) is 29.8 Å². The number of benzene rings is 1. The topological polar surface area (TPSA) is 59.1 Å². The minimum absolute atomic E-state index is 0.0554. The van der Waals surface area contributed by atoms with Crippen molar-refractivity contribution in [3.63, 3.8) is 0 Å². The molecule has 3 aliphatic rings. The number of carbonyl (C=O) groups excluding carboxylic acids is 2. The number of morpholine rings is 1. The second kappa shape index (κ2) is 8.74. The lowest BCUT2D eigenvalue weighted by Gasteiger charge is -2.43. The van der Waals surface area contributed by atoms with Gasteiger partial charge in [-0.3, -0.25) is 9.59 Å². The number of hydrogen-bond acceptors (Lipinski definition) is 4. The zero-order chi connectivity index (χ0) is 20.3. The van der Waals surface area contributed by atoms with Crippen LogP contribution in [-0.2, 0) is 14.3 Å². The number of likely N-dealkylation sites (tertiary alicyclic amines) is 1. The third-order valence-electron chi connectivity index (χ3n) is 6.94. The Morgan fingerprint density at radius 1 is 1.17 bits per heavy atom. The molecule has 1 atom stereocenters. The molecule has 2 heterocycles. The molecule has 0 aromatic heterocycles. The lowest BCUT2D eigenvalue weighted by atomic mass is 9.62. The molecule has 1 aromatic carbocycles. The fourth-order valence-corrected chi connectivity index (χ4v) is 5.03. The van der Waals surface area contributed by atoms with Crippen LogP contribution in [0, 0.1) is 18.3 Å². The molecule has 6 heteroatoms. The van der Waals surface area contributed by atoms with Crippen molar-refractivity contribution in [2.45, 2.75) is 39.0 Å². The summed E-state index contributed by atoms with van der Waals surface area (Å²) in [5.41, 5.74) is 1.35. The quantitative estimate of drug-likeness (QED) is 0.737. The molecular weight excluding hydrogens is 368 g/mol. The van der Waals surface area contributed by atoms with Gasteiger partial charge < -0.3 is 19.3 Å². The highest BCUT2D eigenvalue weighted by atomic mass is 16.5. The number of rotatable bonds is 6. The fraction of sp³-hybridized carbons (Fsp3) is 0.652. The van der Waals surface area contributed by atoms with Crippen LogP contribution in [0.25, 0.3) is 0 Å². The predicted molar refractivity (Wildman–Crippen MR) is 110 cm³/mol. The summed E-state index contributed by atoms with van der Waals surface area (Å²) >= 11 is 0. The first-order valence-corrected chi connectivity index (χ1v) is 10.9. The van der Waals surface area contributed by atoms with Gasteiger partial charge in [0.05, 0.1) is 13.2 Å². The van der Waals surface area contributed by atoms with Crippen LogP contribution in [0.5, 0.6) is 5.75 Å². The van der Waals surface area contributed by atoms with E-state index in [4.69, 9.17) is 9.47 Å². The normalized spacial score (nSPS) is 23.1. The molecule has 158 valence electrons. The minimum Gasteiger partial charge on any atom is -0.484 e. The lowest BCUT2D eigenvalue weighted by molar-refractivity contribution is -0.135. The van der Waals surface area contributed by atoms with Crippen LogP contribution in [0.2, 0.25) is 0 Å². The second-order valence-electron chi connectivity index (χ2n) is 8.82. The Morgan fingerprint density at radius 3 is 2.66 bits per heavy atom. The van der Waals surface area contributed by atoms with Crippen LogP contribution < -0.4 is 4.74 Å². The maximum Gasteiger partial charge on any atom is 0.260 e. The van der Waals surface area contributed by atoms with Crippen LogP contribution in [0.3, 0.4) is 0 Å². The van der Waals surface area contributed by atoms with E-state index in [1.807, 2.05) is 41.0 Å². The minimum atomic E-state index is 0.0554. The highest BCUT2D eigenvalue weighted by Crippen LogP contribution is 2.53. The number of carbonyl (C=O) groups is 2. The van der Waals surface area contributed by atoms with Gasteiger partial charge in [-0.25, -0.2) is 0 Å². The van der Waals surface area contributed by atoms with Gasteiger partial charge in [0.2, 0.25) is 5.91 Å².